The van der Waals surface area contributed by atoms with E-state index in [9.17, 15) is 27.9 Å². The molecule has 0 aliphatic carbocycles. The Morgan fingerprint density at radius 2 is 1.78 bits per heavy atom. The minimum atomic E-state index is -4.40. The summed E-state index contributed by atoms with van der Waals surface area (Å²) >= 11 is 0. The van der Waals surface area contributed by atoms with E-state index in [0.29, 0.717) is 24.9 Å². The topological polar surface area (TPSA) is 62.5 Å². The number of nitrogens with zero attached hydrogens (tertiary/aromatic N) is 2. The molecular formula is C24H23F3N2O3. The van der Waals surface area contributed by atoms with Crippen LogP contribution < -0.4 is 0 Å². The molecule has 1 atom stereocenters. The van der Waals surface area contributed by atoms with Crippen molar-refractivity contribution in [2.75, 3.05) is 7.05 Å². The molecule has 2 heterocycles. The second-order valence-electron chi connectivity index (χ2n) is 8.19. The summed E-state index contributed by atoms with van der Waals surface area (Å²) in [4.78, 5) is 25.9. The molecule has 0 radical (unpaired) electrons. The van der Waals surface area contributed by atoms with Gasteiger partial charge in [0.25, 0.3) is 0 Å². The third kappa shape index (κ3) is 4.22. The zero-order chi connectivity index (χ0) is 23.0. The van der Waals surface area contributed by atoms with Crippen LogP contribution in [0.1, 0.15) is 28.8 Å². The Kier molecular flexibility index (Phi) is 5.71. The van der Waals surface area contributed by atoms with Crippen molar-refractivity contribution in [1.29, 1.82) is 0 Å². The van der Waals surface area contributed by atoms with Crippen molar-refractivity contribution in [2.24, 2.45) is 0 Å². The Labute approximate surface area is 183 Å². The predicted octanol–water partition coefficient (Wildman–Crippen LogP) is 4.30. The van der Waals surface area contributed by atoms with E-state index in [-0.39, 0.29) is 24.8 Å². The Morgan fingerprint density at radius 1 is 1.09 bits per heavy atom. The summed E-state index contributed by atoms with van der Waals surface area (Å²) in [7, 11) is 1.71. The molecule has 1 amide bonds. The van der Waals surface area contributed by atoms with Gasteiger partial charge < -0.3 is 14.6 Å². The van der Waals surface area contributed by atoms with Gasteiger partial charge in [-0.2, -0.15) is 13.2 Å². The number of carboxylic acids is 1. The first-order valence-corrected chi connectivity index (χ1v) is 10.4. The Morgan fingerprint density at radius 3 is 2.44 bits per heavy atom. The van der Waals surface area contributed by atoms with E-state index in [1.807, 2.05) is 24.3 Å². The number of aliphatic carboxylic acids is 1. The van der Waals surface area contributed by atoms with E-state index in [2.05, 4.69) is 4.57 Å². The number of alkyl halides is 3. The van der Waals surface area contributed by atoms with Gasteiger partial charge in [-0.3, -0.25) is 9.59 Å². The average molecular weight is 444 g/mol. The first-order chi connectivity index (χ1) is 15.1. The van der Waals surface area contributed by atoms with Crippen molar-refractivity contribution in [2.45, 2.75) is 44.4 Å². The molecule has 5 nitrogen and oxygen atoms in total. The molecule has 1 aliphatic rings. The quantitative estimate of drug-likeness (QED) is 0.638. The zero-order valence-electron chi connectivity index (χ0n) is 17.5. The lowest BCUT2D eigenvalue weighted by molar-refractivity contribution is -0.138. The van der Waals surface area contributed by atoms with Crippen LogP contribution in [0.15, 0.2) is 48.5 Å². The second-order valence-corrected chi connectivity index (χ2v) is 8.19. The minimum Gasteiger partial charge on any atom is -0.481 e. The van der Waals surface area contributed by atoms with Gasteiger partial charge in [0, 0.05) is 36.2 Å². The van der Waals surface area contributed by atoms with Gasteiger partial charge in [-0.1, -0.05) is 30.3 Å². The highest BCUT2D eigenvalue weighted by atomic mass is 19.4. The van der Waals surface area contributed by atoms with Crippen LogP contribution in [0.5, 0.6) is 0 Å². The van der Waals surface area contributed by atoms with Crippen molar-refractivity contribution >= 4 is 22.8 Å². The number of aromatic nitrogens is 1. The maximum absolute atomic E-state index is 12.8. The van der Waals surface area contributed by atoms with Crippen LogP contribution in [0.25, 0.3) is 10.9 Å². The fourth-order valence-electron chi connectivity index (χ4n) is 4.51. The highest BCUT2D eigenvalue weighted by molar-refractivity contribution is 5.89. The molecule has 0 spiro atoms. The van der Waals surface area contributed by atoms with Crippen molar-refractivity contribution in [3.63, 3.8) is 0 Å². The molecule has 3 aromatic rings. The van der Waals surface area contributed by atoms with Gasteiger partial charge in [0.1, 0.15) is 0 Å². The summed E-state index contributed by atoms with van der Waals surface area (Å²) in [6.45, 7) is 0.546. The van der Waals surface area contributed by atoms with E-state index >= 15 is 0 Å². The smallest absolute Gasteiger partial charge is 0.416 e. The summed E-state index contributed by atoms with van der Waals surface area (Å²) in [5.74, 6) is -1.05. The van der Waals surface area contributed by atoms with Crippen LogP contribution >= 0.6 is 0 Å². The number of fused-ring (bicyclic) bond motifs is 3. The largest absolute Gasteiger partial charge is 0.481 e. The van der Waals surface area contributed by atoms with Gasteiger partial charge >= 0.3 is 12.1 Å². The number of carboxylic acid groups (broad SMARTS) is 1. The summed E-state index contributed by atoms with van der Waals surface area (Å²) in [6.07, 6.45) is -3.08. The number of para-hydroxylation sites is 1. The number of likely N-dealkylation sites (N-methyl/N-ethyl adjacent to an activating group) is 1. The third-order valence-electron chi connectivity index (χ3n) is 6.21. The molecular weight excluding hydrogens is 421 g/mol. The number of rotatable bonds is 5. The van der Waals surface area contributed by atoms with E-state index in [0.717, 1.165) is 34.3 Å². The van der Waals surface area contributed by atoms with E-state index in [1.54, 1.807) is 11.9 Å². The number of halogens is 3. The zero-order valence-corrected chi connectivity index (χ0v) is 17.5. The fraction of sp³-hybridized carbons (Fsp3) is 0.333. The van der Waals surface area contributed by atoms with Gasteiger partial charge in [0.2, 0.25) is 5.91 Å². The van der Waals surface area contributed by atoms with E-state index < -0.39 is 17.7 Å². The van der Waals surface area contributed by atoms with Crippen LogP contribution in [0.3, 0.4) is 0 Å². The van der Waals surface area contributed by atoms with Crippen LogP contribution in [0.4, 0.5) is 13.2 Å². The van der Waals surface area contributed by atoms with Gasteiger partial charge in [-0.05, 0) is 42.2 Å². The van der Waals surface area contributed by atoms with Gasteiger partial charge in [0.05, 0.1) is 18.4 Å². The van der Waals surface area contributed by atoms with Crippen molar-refractivity contribution in [1.82, 2.24) is 9.47 Å². The van der Waals surface area contributed by atoms with Gasteiger partial charge in [-0.25, -0.2) is 0 Å². The summed E-state index contributed by atoms with van der Waals surface area (Å²) in [6, 6.07) is 12.2. The van der Waals surface area contributed by atoms with E-state index in [4.69, 9.17) is 0 Å². The Hall–Kier alpha value is -3.29. The molecule has 0 fully saturated rings. The standard InChI is InChI=1S/C24H23F3N2O3/c1-28(22(30)12-15-6-8-16(9-7-15)24(25,26)27)17-10-11-21-19(13-23(31)32)18-4-2-3-5-20(18)29(21)14-17/h2-9,17H,10-14H2,1H3,(H,31,32)/t17-/m1/s1. The molecule has 8 heteroatoms. The van der Waals surface area contributed by atoms with Gasteiger partial charge in [0.15, 0.2) is 0 Å². The SMILES string of the molecule is CN(C(=O)Cc1ccc(C(F)(F)F)cc1)[C@@H]1CCc2c(CC(=O)O)c3ccccc3n2C1. The predicted molar refractivity (Wildman–Crippen MR) is 113 cm³/mol. The van der Waals surface area contributed by atoms with Crippen LogP contribution in [0.2, 0.25) is 0 Å². The fourth-order valence-corrected chi connectivity index (χ4v) is 4.51. The van der Waals surface area contributed by atoms with Crippen molar-refractivity contribution in [3.05, 3.63) is 70.9 Å². The number of amides is 1. The lowest BCUT2D eigenvalue weighted by Gasteiger charge is -2.33. The number of hydrogen-bond donors (Lipinski definition) is 1. The molecule has 4 rings (SSSR count). The average Bonchev–Trinajstić information content (AvgIpc) is 3.05. The first-order valence-electron chi connectivity index (χ1n) is 10.4. The summed E-state index contributed by atoms with van der Waals surface area (Å²) in [5.41, 5.74) is 2.56. The first kappa shape index (κ1) is 21.9. The molecule has 32 heavy (non-hydrogen) atoms. The Bertz CT molecular complexity index is 1170. The van der Waals surface area contributed by atoms with Gasteiger partial charge in [-0.15, -0.1) is 0 Å². The van der Waals surface area contributed by atoms with Crippen LogP contribution in [-0.2, 0) is 41.6 Å². The number of hydrogen-bond acceptors (Lipinski definition) is 2. The second kappa shape index (κ2) is 8.33. The lowest BCUT2D eigenvalue weighted by atomic mass is 9.99. The maximum Gasteiger partial charge on any atom is 0.416 e. The normalized spacial score (nSPS) is 16.1. The molecule has 0 unspecified atom stereocenters. The molecule has 2 aromatic carbocycles. The number of carbonyl (C=O) groups is 2. The Balaban J connectivity index is 1.52. The van der Waals surface area contributed by atoms with Crippen LogP contribution in [0, 0.1) is 0 Å². The molecule has 1 N–H and O–H groups in total. The lowest BCUT2D eigenvalue weighted by Crippen LogP contribution is -2.43. The summed E-state index contributed by atoms with van der Waals surface area (Å²) < 4.78 is 40.3. The minimum absolute atomic E-state index is 0.0225. The molecule has 0 saturated heterocycles. The van der Waals surface area contributed by atoms with Crippen LogP contribution in [-0.4, -0.2) is 39.5 Å². The third-order valence-corrected chi connectivity index (χ3v) is 6.21. The monoisotopic (exact) mass is 444 g/mol. The molecule has 0 bridgehead atoms. The summed E-state index contributed by atoms with van der Waals surface area (Å²) in [5, 5.41) is 10.3. The highest BCUT2D eigenvalue weighted by Gasteiger charge is 2.31. The molecule has 168 valence electrons. The van der Waals surface area contributed by atoms with E-state index in [1.165, 1.54) is 12.1 Å². The molecule has 1 aromatic heterocycles. The molecule has 0 saturated carbocycles. The van der Waals surface area contributed by atoms with Crippen molar-refractivity contribution in [3.8, 4) is 0 Å². The number of benzene rings is 2. The highest BCUT2D eigenvalue weighted by Crippen LogP contribution is 2.33. The van der Waals surface area contributed by atoms with Crippen molar-refractivity contribution < 1.29 is 27.9 Å². The number of carbonyl (C=O) groups excluding carboxylic acids is 1. The molecule has 1 aliphatic heterocycles. The maximum atomic E-state index is 12.8.